The Bertz CT molecular complexity index is 545. The fraction of sp³-hybridized carbons (Fsp3) is 0.462. The summed E-state index contributed by atoms with van der Waals surface area (Å²) in [5.74, 6) is 0.932. The fourth-order valence-corrected chi connectivity index (χ4v) is 2.91. The van der Waals surface area contributed by atoms with Crippen LogP contribution in [0.3, 0.4) is 0 Å². The monoisotopic (exact) mass is 277 g/mol. The lowest BCUT2D eigenvalue weighted by Gasteiger charge is -2.14. The number of likely N-dealkylation sites (tertiary alicyclic amines) is 1. The number of hydrogen-bond donors (Lipinski definition) is 0. The van der Waals surface area contributed by atoms with E-state index >= 15 is 0 Å². The molecule has 0 N–H and O–H groups in total. The maximum Gasteiger partial charge on any atom is 0.258 e. The SMILES string of the molecule is O=C(CCSc1nc2ncccc2o1)N1CCCC1. The van der Waals surface area contributed by atoms with Crippen LogP contribution in [-0.4, -0.2) is 39.6 Å². The Balaban J connectivity index is 1.53. The van der Waals surface area contributed by atoms with Crippen molar-refractivity contribution in [1.82, 2.24) is 14.9 Å². The summed E-state index contributed by atoms with van der Waals surface area (Å²) in [6.45, 7) is 1.83. The Morgan fingerprint density at radius 2 is 2.26 bits per heavy atom. The van der Waals surface area contributed by atoms with E-state index in [1.807, 2.05) is 17.0 Å². The first-order valence-corrected chi connectivity index (χ1v) is 7.43. The summed E-state index contributed by atoms with van der Waals surface area (Å²) in [4.78, 5) is 22.2. The average molecular weight is 277 g/mol. The Morgan fingerprint density at radius 1 is 1.42 bits per heavy atom. The van der Waals surface area contributed by atoms with Crippen LogP contribution in [0.25, 0.3) is 11.2 Å². The molecule has 100 valence electrons. The van der Waals surface area contributed by atoms with E-state index in [9.17, 15) is 4.79 Å². The quantitative estimate of drug-likeness (QED) is 0.803. The molecule has 1 aliphatic heterocycles. The molecule has 0 unspecified atom stereocenters. The molecule has 2 aromatic heterocycles. The van der Waals surface area contributed by atoms with E-state index in [-0.39, 0.29) is 5.91 Å². The Hall–Kier alpha value is -1.56. The highest BCUT2D eigenvalue weighted by atomic mass is 32.2. The number of carbonyl (C=O) groups is 1. The Kier molecular flexibility index (Phi) is 3.68. The lowest BCUT2D eigenvalue weighted by atomic mass is 10.4. The number of amides is 1. The molecule has 0 saturated carbocycles. The smallest absolute Gasteiger partial charge is 0.258 e. The van der Waals surface area contributed by atoms with E-state index < -0.39 is 0 Å². The summed E-state index contributed by atoms with van der Waals surface area (Å²) in [6, 6.07) is 3.66. The molecule has 3 rings (SSSR count). The van der Waals surface area contributed by atoms with Crippen LogP contribution in [0, 0.1) is 0 Å². The van der Waals surface area contributed by atoms with Crippen LogP contribution in [0.15, 0.2) is 28.0 Å². The van der Waals surface area contributed by atoms with Crippen LogP contribution in [0.4, 0.5) is 0 Å². The van der Waals surface area contributed by atoms with Crippen molar-refractivity contribution in [3.63, 3.8) is 0 Å². The molecule has 0 aliphatic carbocycles. The van der Waals surface area contributed by atoms with Crippen molar-refractivity contribution in [2.24, 2.45) is 0 Å². The van der Waals surface area contributed by atoms with Gasteiger partial charge in [0.25, 0.3) is 5.22 Å². The van der Waals surface area contributed by atoms with E-state index in [2.05, 4.69) is 9.97 Å². The minimum absolute atomic E-state index is 0.235. The largest absolute Gasteiger partial charge is 0.430 e. The van der Waals surface area contributed by atoms with Crippen LogP contribution in [0.5, 0.6) is 0 Å². The molecule has 1 fully saturated rings. The third-order valence-electron chi connectivity index (χ3n) is 3.15. The minimum Gasteiger partial charge on any atom is -0.430 e. The predicted octanol–water partition coefficient (Wildman–Crippen LogP) is 2.33. The van der Waals surface area contributed by atoms with Gasteiger partial charge in [0.05, 0.1) is 0 Å². The zero-order chi connectivity index (χ0) is 13.1. The first-order valence-electron chi connectivity index (χ1n) is 6.45. The molecule has 0 atom stereocenters. The second-order valence-electron chi connectivity index (χ2n) is 4.49. The molecule has 0 bridgehead atoms. The van der Waals surface area contributed by atoms with Gasteiger partial charge in [-0.1, -0.05) is 11.8 Å². The first kappa shape index (κ1) is 12.5. The molecule has 6 heteroatoms. The van der Waals surface area contributed by atoms with Gasteiger partial charge in [-0.25, -0.2) is 4.98 Å². The number of fused-ring (bicyclic) bond motifs is 1. The lowest BCUT2D eigenvalue weighted by Crippen LogP contribution is -2.27. The third-order valence-corrected chi connectivity index (χ3v) is 3.98. The second-order valence-corrected chi connectivity index (χ2v) is 5.54. The molecule has 3 heterocycles. The molecule has 5 nitrogen and oxygen atoms in total. The van der Waals surface area contributed by atoms with E-state index in [4.69, 9.17) is 4.42 Å². The number of oxazole rings is 1. The van der Waals surface area contributed by atoms with Gasteiger partial charge in [-0.15, -0.1) is 0 Å². The molecule has 0 aromatic carbocycles. The number of rotatable bonds is 4. The maximum absolute atomic E-state index is 11.9. The standard InChI is InChI=1S/C13H15N3O2S/c17-11(16-7-1-2-8-16)5-9-19-13-15-12-10(18-13)4-3-6-14-12/h3-4,6H,1-2,5,7-9H2. The van der Waals surface area contributed by atoms with Gasteiger partial charge >= 0.3 is 0 Å². The second kappa shape index (κ2) is 5.61. The number of hydrogen-bond acceptors (Lipinski definition) is 5. The predicted molar refractivity (Wildman–Crippen MR) is 73.0 cm³/mol. The molecular formula is C13H15N3O2S. The maximum atomic E-state index is 11.9. The molecule has 1 saturated heterocycles. The van der Waals surface area contributed by atoms with Crippen LogP contribution in [0.2, 0.25) is 0 Å². The van der Waals surface area contributed by atoms with Crippen LogP contribution in [0.1, 0.15) is 19.3 Å². The number of thioether (sulfide) groups is 1. The van der Waals surface area contributed by atoms with Crippen molar-refractivity contribution in [1.29, 1.82) is 0 Å². The van der Waals surface area contributed by atoms with Gasteiger partial charge in [-0.05, 0) is 25.0 Å². The highest BCUT2D eigenvalue weighted by Gasteiger charge is 2.17. The van der Waals surface area contributed by atoms with Crippen molar-refractivity contribution in [2.75, 3.05) is 18.8 Å². The molecule has 1 amide bonds. The molecule has 2 aromatic rings. The van der Waals surface area contributed by atoms with Gasteiger partial charge in [0.1, 0.15) is 0 Å². The van der Waals surface area contributed by atoms with Crippen molar-refractivity contribution < 1.29 is 9.21 Å². The molecule has 19 heavy (non-hydrogen) atoms. The summed E-state index contributed by atoms with van der Waals surface area (Å²) < 4.78 is 5.54. The van der Waals surface area contributed by atoms with Gasteiger partial charge in [0.15, 0.2) is 11.2 Å². The van der Waals surface area contributed by atoms with Crippen LogP contribution in [-0.2, 0) is 4.79 Å². The first-order chi connectivity index (χ1) is 9.33. The minimum atomic E-state index is 0.235. The number of nitrogens with zero attached hydrogens (tertiary/aromatic N) is 3. The van der Waals surface area contributed by atoms with Gasteiger partial charge < -0.3 is 9.32 Å². The number of pyridine rings is 1. The number of aromatic nitrogens is 2. The average Bonchev–Trinajstić information content (AvgIpc) is 3.07. The summed E-state index contributed by atoms with van der Waals surface area (Å²) >= 11 is 1.47. The van der Waals surface area contributed by atoms with Gasteiger partial charge in [-0.3, -0.25) is 4.79 Å². The van der Waals surface area contributed by atoms with Crippen molar-refractivity contribution in [2.45, 2.75) is 24.5 Å². The van der Waals surface area contributed by atoms with Gasteiger partial charge in [0.2, 0.25) is 5.91 Å². The van der Waals surface area contributed by atoms with E-state index in [1.54, 1.807) is 6.20 Å². The van der Waals surface area contributed by atoms with Crippen LogP contribution < -0.4 is 0 Å². The third kappa shape index (κ3) is 2.89. The fourth-order valence-electron chi connectivity index (χ4n) is 2.16. The van der Waals surface area contributed by atoms with E-state index in [0.29, 0.717) is 28.6 Å². The van der Waals surface area contributed by atoms with Gasteiger partial charge in [-0.2, -0.15) is 4.98 Å². The van der Waals surface area contributed by atoms with Crippen LogP contribution >= 0.6 is 11.8 Å². The zero-order valence-corrected chi connectivity index (χ0v) is 11.4. The van der Waals surface area contributed by atoms with Gasteiger partial charge in [0, 0.05) is 31.5 Å². The zero-order valence-electron chi connectivity index (χ0n) is 10.5. The summed E-state index contributed by atoms with van der Waals surface area (Å²) in [5, 5.41) is 0.586. The summed E-state index contributed by atoms with van der Waals surface area (Å²) in [6.07, 6.45) is 4.50. The lowest BCUT2D eigenvalue weighted by molar-refractivity contribution is -0.129. The number of carbonyl (C=O) groups excluding carboxylic acids is 1. The Morgan fingerprint density at radius 3 is 3.05 bits per heavy atom. The normalized spacial score (nSPS) is 15.3. The molecule has 0 spiro atoms. The van der Waals surface area contributed by atoms with E-state index in [1.165, 1.54) is 11.8 Å². The highest BCUT2D eigenvalue weighted by molar-refractivity contribution is 7.99. The highest BCUT2D eigenvalue weighted by Crippen LogP contribution is 2.22. The van der Waals surface area contributed by atoms with Crippen molar-refractivity contribution in [3.05, 3.63) is 18.3 Å². The topological polar surface area (TPSA) is 59.2 Å². The summed E-state index contributed by atoms with van der Waals surface area (Å²) in [5.41, 5.74) is 1.31. The van der Waals surface area contributed by atoms with Crippen molar-refractivity contribution in [3.8, 4) is 0 Å². The van der Waals surface area contributed by atoms with E-state index in [0.717, 1.165) is 25.9 Å². The van der Waals surface area contributed by atoms with Crippen molar-refractivity contribution >= 4 is 28.9 Å². The Labute approximate surface area is 115 Å². The molecular weight excluding hydrogens is 262 g/mol. The molecule has 0 radical (unpaired) electrons. The molecule has 1 aliphatic rings. The summed E-state index contributed by atoms with van der Waals surface area (Å²) in [7, 11) is 0.